The van der Waals surface area contributed by atoms with Crippen LogP contribution in [0, 0.1) is 11.6 Å². The summed E-state index contributed by atoms with van der Waals surface area (Å²) in [4.78, 5) is 11.4. The maximum absolute atomic E-state index is 13.3. The van der Waals surface area contributed by atoms with E-state index in [0.717, 1.165) is 12.1 Å². The van der Waals surface area contributed by atoms with Crippen LogP contribution in [-0.4, -0.2) is 18.6 Å². The molecule has 0 aromatic heterocycles. The molecular formula is C11H11F2NO2. The molecule has 1 aromatic carbocycles. The molecule has 3 nitrogen and oxygen atoms in total. The van der Waals surface area contributed by atoms with E-state index in [1.807, 2.05) is 0 Å². The number of halogens is 2. The molecule has 1 atom stereocenters. The Balaban J connectivity index is 2.24. The van der Waals surface area contributed by atoms with Crippen LogP contribution in [0.1, 0.15) is 12.5 Å². The molecule has 1 aliphatic rings. The second-order valence-electron chi connectivity index (χ2n) is 3.54. The van der Waals surface area contributed by atoms with Gasteiger partial charge >= 0.3 is 5.97 Å². The summed E-state index contributed by atoms with van der Waals surface area (Å²) in [6.07, 6.45) is 0.123. The molecule has 5 heteroatoms. The Morgan fingerprint density at radius 2 is 2.19 bits per heavy atom. The van der Waals surface area contributed by atoms with Crippen molar-refractivity contribution in [1.82, 2.24) is 0 Å². The van der Waals surface area contributed by atoms with Crippen LogP contribution in [0.4, 0.5) is 14.5 Å². The van der Waals surface area contributed by atoms with Gasteiger partial charge in [0.25, 0.3) is 0 Å². The molecule has 86 valence electrons. The quantitative estimate of drug-likeness (QED) is 0.784. The molecule has 0 spiro atoms. The van der Waals surface area contributed by atoms with Crippen molar-refractivity contribution in [2.75, 3.05) is 11.9 Å². The number of hydrogen-bond donors (Lipinski definition) is 1. The third-order valence-electron chi connectivity index (χ3n) is 2.50. The van der Waals surface area contributed by atoms with Crippen molar-refractivity contribution in [3.05, 3.63) is 29.3 Å². The van der Waals surface area contributed by atoms with Crippen LogP contribution in [-0.2, 0) is 16.0 Å². The highest BCUT2D eigenvalue weighted by atomic mass is 19.1. The lowest BCUT2D eigenvalue weighted by atomic mass is 10.1. The number of fused-ring (bicyclic) bond motifs is 1. The Hall–Kier alpha value is -1.65. The topological polar surface area (TPSA) is 38.3 Å². The van der Waals surface area contributed by atoms with Crippen LogP contribution in [0.15, 0.2) is 12.1 Å². The number of carbonyl (C=O) groups excluding carboxylic acids is 1. The van der Waals surface area contributed by atoms with Crippen molar-refractivity contribution in [1.29, 1.82) is 0 Å². The molecule has 0 aliphatic carbocycles. The van der Waals surface area contributed by atoms with Crippen LogP contribution >= 0.6 is 0 Å². The van der Waals surface area contributed by atoms with Crippen LogP contribution < -0.4 is 5.32 Å². The minimum absolute atomic E-state index is 0.0676. The molecular weight excluding hydrogens is 216 g/mol. The minimum Gasteiger partial charge on any atom is -0.464 e. The summed E-state index contributed by atoms with van der Waals surface area (Å²) < 4.78 is 31.4. The number of benzene rings is 1. The number of anilines is 1. The van der Waals surface area contributed by atoms with E-state index >= 15 is 0 Å². The van der Waals surface area contributed by atoms with Crippen LogP contribution in [0.2, 0.25) is 0 Å². The monoisotopic (exact) mass is 227 g/mol. The van der Waals surface area contributed by atoms with E-state index < -0.39 is 23.6 Å². The molecule has 0 saturated carbocycles. The molecule has 0 radical (unpaired) electrons. The Bertz CT molecular complexity index is 403. The maximum atomic E-state index is 13.3. The molecule has 0 unspecified atom stereocenters. The molecule has 1 aliphatic heterocycles. The Morgan fingerprint density at radius 3 is 2.81 bits per heavy atom. The van der Waals surface area contributed by atoms with Gasteiger partial charge in [-0.2, -0.15) is 0 Å². The lowest BCUT2D eigenvalue weighted by molar-refractivity contribution is -0.143. The van der Waals surface area contributed by atoms with Gasteiger partial charge in [-0.05, 0) is 19.1 Å². The number of ether oxygens (including phenoxy) is 1. The normalized spacial score (nSPS) is 17.8. The van der Waals surface area contributed by atoms with Gasteiger partial charge in [0.1, 0.15) is 17.7 Å². The van der Waals surface area contributed by atoms with Gasteiger partial charge in [-0.1, -0.05) is 0 Å². The van der Waals surface area contributed by atoms with Gasteiger partial charge in [-0.3, -0.25) is 0 Å². The summed E-state index contributed by atoms with van der Waals surface area (Å²) in [7, 11) is 0. The van der Waals surface area contributed by atoms with Gasteiger partial charge in [0, 0.05) is 12.0 Å². The van der Waals surface area contributed by atoms with Gasteiger partial charge in [-0.25, -0.2) is 13.6 Å². The van der Waals surface area contributed by atoms with E-state index in [2.05, 4.69) is 5.32 Å². The number of esters is 1. The van der Waals surface area contributed by atoms with Gasteiger partial charge in [0.05, 0.1) is 12.3 Å². The summed E-state index contributed by atoms with van der Waals surface area (Å²) in [6.45, 7) is 1.93. The van der Waals surface area contributed by atoms with E-state index in [-0.39, 0.29) is 24.3 Å². The molecule has 1 N–H and O–H groups in total. The van der Waals surface area contributed by atoms with E-state index in [0.29, 0.717) is 0 Å². The highest BCUT2D eigenvalue weighted by Gasteiger charge is 2.31. The molecule has 16 heavy (non-hydrogen) atoms. The fourth-order valence-corrected chi connectivity index (χ4v) is 1.76. The van der Waals surface area contributed by atoms with Crippen molar-refractivity contribution >= 4 is 11.7 Å². The number of nitrogens with one attached hydrogen (secondary N) is 1. The summed E-state index contributed by atoms with van der Waals surface area (Å²) >= 11 is 0. The number of carbonyl (C=O) groups is 1. The lowest BCUT2D eigenvalue weighted by Crippen LogP contribution is -2.29. The van der Waals surface area contributed by atoms with Gasteiger partial charge < -0.3 is 10.1 Å². The number of rotatable bonds is 2. The average molecular weight is 227 g/mol. The van der Waals surface area contributed by atoms with Crippen LogP contribution in [0.25, 0.3) is 0 Å². The van der Waals surface area contributed by atoms with E-state index in [4.69, 9.17) is 4.74 Å². The van der Waals surface area contributed by atoms with Gasteiger partial charge in [0.2, 0.25) is 0 Å². The summed E-state index contributed by atoms with van der Waals surface area (Å²) in [5.74, 6) is -1.55. The number of hydrogen-bond acceptors (Lipinski definition) is 3. The first kappa shape index (κ1) is 10.9. The summed E-state index contributed by atoms with van der Waals surface area (Å²) in [5, 5.41) is 2.64. The van der Waals surface area contributed by atoms with Crippen molar-refractivity contribution in [3.63, 3.8) is 0 Å². The predicted octanol–water partition coefficient (Wildman–Crippen LogP) is 1.86. The molecule has 1 heterocycles. The smallest absolute Gasteiger partial charge is 0.328 e. The highest BCUT2D eigenvalue weighted by molar-refractivity contribution is 5.83. The van der Waals surface area contributed by atoms with Crippen molar-refractivity contribution in [2.45, 2.75) is 19.4 Å². The molecule has 2 rings (SSSR count). The SMILES string of the molecule is CCOC(=O)[C@H]1Cc2c(F)ccc(F)c2N1. The largest absolute Gasteiger partial charge is 0.464 e. The first-order chi connectivity index (χ1) is 7.63. The lowest BCUT2D eigenvalue weighted by Gasteiger charge is -2.09. The van der Waals surface area contributed by atoms with Gasteiger partial charge in [0.15, 0.2) is 0 Å². The average Bonchev–Trinajstić information content (AvgIpc) is 2.70. The third kappa shape index (κ3) is 1.73. The zero-order valence-corrected chi connectivity index (χ0v) is 8.72. The first-order valence-electron chi connectivity index (χ1n) is 5.03. The molecule has 1 aromatic rings. The zero-order valence-electron chi connectivity index (χ0n) is 8.72. The molecule has 0 bridgehead atoms. The Morgan fingerprint density at radius 1 is 1.50 bits per heavy atom. The van der Waals surface area contributed by atoms with E-state index in [9.17, 15) is 13.6 Å². The predicted molar refractivity (Wildman–Crippen MR) is 54.1 cm³/mol. The fourth-order valence-electron chi connectivity index (χ4n) is 1.76. The van der Waals surface area contributed by atoms with E-state index in [1.165, 1.54) is 0 Å². The second-order valence-corrected chi connectivity index (χ2v) is 3.54. The molecule has 0 saturated heterocycles. The minimum atomic E-state index is -0.693. The standard InChI is InChI=1S/C11H11F2NO2/c1-2-16-11(15)9-5-6-7(12)3-4-8(13)10(6)14-9/h3-4,9,14H,2,5H2,1H3/t9-/m1/s1. The van der Waals surface area contributed by atoms with Crippen molar-refractivity contribution in [3.8, 4) is 0 Å². The van der Waals surface area contributed by atoms with Crippen LogP contribution in [0.5, 0.6) is 0 Å². The molecule has 0 amide bonds. The maximum Gasteiger partial charge on any atom is 0.328 e. The van der Waals surface area contributed by atoms with E-state index in [1.54, 1.807) is 6.92 Å². The molecule has 0 fully saturated rings. The van der Waals surface area contributed by atoms with Crippen molar-refractivity contribution in [2.24, 2.45) is 0 Å². The Labute approximate surface area is 91.4 Å². The van der Waals surface area contributed by atoms with Crippen molar-refractivity contribution < 1.29 is 18.3 Å². The van der Waals surface area contributed by atoms with Gasteiger partial charge in [-0.15, -0.1) is 0 Å². The second kappa shape index (κ2) is 4.08. The highest BCUT2D eigenvalue weighted by Crippen LogP contribution is 2.31. The Kier molecular flexibility index (Phi) is 2.77. The summed E-state index contributed by atoms with van der Waals surface area (Å²) in [5.41, 5.74) is 0.274. The third-order valence-corrected chi connectivity index (χ3v) is 2.50. The zero-order chi connectivity index (χ0) is 11.7. The first-order valence-corrected chi connectivity index (χ1v) is 5.03. The fraction of sp³-hybridized carbons (Fsp3) is 0.364. The van der Waals surface area contributed by atoms with Crippen LogP contribution in [0.3, 0.4) is 0 Å². The summed E-state index contributed by atoms with van der Waals surface area (Å²) in [6, 6.07) is 1.40.